The number of rotatable bonds is 4. The molecule has 2 aromatic heterocycles. The molecule has 2 aliphatic heterocycles. The summed E-state index contributed by atoms with van der Waals surface area (Å²) in [7, 11) is 0. The summed E-state index contributed by atoms with van der Waals surface area (Å²) in [5.41, 5.74) is -1.20. The van der Waals surface area contributed by atoms with Crippen LogP contribution in [0.4, 0.5) is 6.01 Å². The number of aromatic amines is 1. The molecule has 1 aliphatic carbocycles. The average Bonchev–Trinajstić information content (AvgIpc) is 3.26. The molecule has 2 saturated heterocycles. The standard InChI is InChI=1S/C15H17N7O4/c23-10-3-16-22(13(25)17-10)4-11(24)20-5-15(6-20)7-21(8-15)14-19-18-12(26-14)9-1-2-9/h3,9H,1-2,4-8H2,(H,17,23,25). The lowest BCUT2D eigenvalue weighted by Crippen LogP contribution is -2.73. The molecule has 26 heavy (non-hydrogen) atoms. The fraction of sp³-hybridized carbons (Fsp3) is 0.600. The average molecular weight is 359 g/mol. The molecule has 11 nitrogen and oxygen atoms in total. The molecular formula is C15H17N7O4. The number of anilines is 1. The summed E-state index contributed by atoms with van der Waals surface area (Å²) >= 11 is 0. The van der Waals surface area contributed by atoms with E-state index in [1.165, 1.54) is 0 Å². The van der Waals surface area contributed by atoms with Gasteiger partial charge in [0.25, 0.3) is 5.56 Å². The van der Waals surface area contributed by atoms with Crippen LogP contribution in [0.15, 0.2) is 20.2 Å². The van der Waals surface area contributed by atoms with E-state index >= 15 is 0 Å². The van der Waals surface area contributed by atoms with E-state index in [2.05, 4.69) is 20.3 Å². The first kappa shape index (κ1) is 15.3. The lowest BCUT2D eigenvalue weighted by molar-refractivity contribution is -0.146. The molecule has 0 atom stereocenters. The zero-order valence-corrected chi connectivity index (χ0v) is 13.9. The molecule has 1 saturated carbocycles. The van der Waals surface area contributed by atoms with Crippen LogP contribution in [0.1, 0.15) is 24.7 Å². The summed E-state index contributed by atoms with van der Waals surface area (Å²) in [6.07, 6.45) is 3.22. The van der Waals surface area contributed by atoms with E-state index in [1.807, 2.05) is 4.90 Å². The number of carbonyl (C=O) groups is 1. The SMILES string of the molecule is O=C(Cn1ncc(=O)[nH]c1=O)N1CC2(C1)CN(c1nnc(C3CC3)o1)C2. The predicted octanol–water partition coefficient (Wildman–Crippen LogP) is -1.46. The largest absolute Gasteiger partial charge is 0.408 e. The fourth-order valence-corrected chi connectivity index (χ4v) is 3.61. The molecule has 4 heterocycles. The van der Waals surface area contributed by atoms with Crippen molar-refractivity contribution in [2.75, 3.05) is 31.1 Å². The van der Waals surface area contributed by atoms with Crippen LogP contribution in [0.3, 0.4) is 0 Å². The monoisotopic (exact) mass is 359 g/mol. The molecule has 1 spiro atoms. The zero-order chi connectivity index (χ0) is 17.9. The molecule has 0 aromatic carbocycles. The van der Waals surface area contributed by atoms with Crippen molar-refractivity contribution in [1.29, 1.82) is 0 Å². The number of carbonyl (C=O) groups excluding carboxylic acids is 1. The van der Waals surface area contributed by atoms with Gasteiger partial charge in [-0.05, 0) is 12.8 Å². The Kier molecular flexibility index (Phi) is 3.09. The Bertz CT molecular complexity index is 974. The second-order valence-electron chi connectivity index (χ2n) is 7.40. The van der Waals surface area contributed by atoms with Gasteiger partial charge in [-0.2, -0.15) is 5.10 Å². The Morgan fingerprint density at radius 3 is 2.69 bits per heavy atom. The molecule has 1 N–H and O–H groups in total. The normalized spacial score (nSPS) is 20.8. The van der Waals surface area contributed by atoms with Crippen molar-refractivity contribution in [3.05, 3.63) is 32.9 Å². The smallest absolute Gasteiger partial charge is 0.345 e. The summed E-state index contributed by atoms with van der Waals surface area (Å²) in [4.78, 5) is 40.7. The van der Waals surface area contributed by atoms with E-state index in [1.54, 1.807) is 4.90 Å². The first-order valence-corrected chi connectivity index (χ1v) is 8.54. The molecule has 1 amide bonds. The number of hydrogen-bond donors (Lipinski definition) is 1. The Morgan fingerprint density at radius 1 is 1.23 bits per heavy atom. The highest BCUT2D eigenvalue weighted by atomic mass is 16.4. The summed E-state index contributed by atoms with van der Waals surface area (Å²) < 4.78 is 6.66. The number of nitrogens with one attached hydrogen (secondary N) is 1. The van der Waals surface area contributed by atoms with Crippen molar-refractivity contribution in [2.24, 2.45) is 5.41 Å². The van der Waals surface area contributed by atoms with Gasteiger partial charge >= 0.3 is 11.7 Å². The third-order valence-electron chi connectivity index (χ3n) is 5.15. The van der Waals surface area contributed by atoms with Crippen LogP contribution in [0.25, 0.3) is 0 Å². The van der Waals surface area contributed by atoms with Crippen LogP contribution in [0.2, 0.25) is 0 Å². The van der Waals surface area contributed by atoms with Gasteiger partial charge < -0.3 is 14.2 Å². The van der Waals surface area contributed by atoms with Crippen molar-refractivity contribution < 1.29 is 9.21 Å². The summed E-state index contributed by atoms with van der Waals surface area (Å²) in [6.45, 7) is 2.64. The van der Waals surface area contributed by atoms with Crippen LogP contribution in [-0.4, -0.2) is 61.9 Å². The number of likely N-dealkylation sites (tertiary alicyclic amines) is 1. The Morgan fingerprint density at radius 2 is 2.00 bits per heavy atom. The van der Waals surface area contributed by atoms with E-state index in [-0.39, 0.29) is 17.9 Å². The lowest BCUT2D eigenvalue weighted by Gasteiger charge is -2.59. The molecule has 0 bridgehead atoms. The van der Waals surface area contributed by atoms with Crippen LogP contribution in [-0.2, 0) is 11.3 Å². The van der Waals surface area contributed by atoms with Gasteiger partial charge in [0.15, 0.2) is 0 Å². The summed E-state index contributed by atoms with van der Waals surface area (Å²) in [6, 6.07) is 0.561. The third kappa shape index (κ3) is 2.50. The summed E-state index contributed by atoms with van der Waals surface area (Å²) in [5.74, 6) is 0.975. The highest BCUT2D eigenvalue weighted by Gasteiger charge is 2.54. The van der Waals surface area contributed by atoms with Gasteiger partial charge in [-0.15, -0.1) is 5.10 Å². The maximum Gasteiger partial charge on any atom is 0.345 e. The number of hydrogen-bond acceptors (Lipinski definition) is 8. The van der Waals surface area contributed by atoms with Crippen molar-refractivity contribution in [2.45, 2.75) is 25.3 Å². The first-order chi connectivity index (χ1) is 12.5. The Labute approximate surface area is 146 Å². The van der Waals surface area contributed by atoms with Crippen molar-refractivity contribution in [1.82, 2.24) is 29.9 Å². The van der Waals surface area contributed by atoms with Gasteiger partial charge in [0.2, 0.25) is 11.8 Å². The summed E-state index contributed by atoms with van der Waals surface area (Å²) in [5, 5.41) is 11.9. The second kappa shape index (κ2) is 5.26. The van der Waals surface area contributed by atoms with Crippen LogP contribution in [0.5, 0.6) is 0 Å². The molecule has 2 aromatic rings. The number of nitrogens with zero attached hydrogens (tertiary/aromatic N) is 6. The van der Waals surface area contributed by atoms with E-state index < -0.39 is 11.2 Å². The van der Waals surface area contributed by atoms with E-state index in [4.69, 9.17) is 4.42 Å². The predicted molar refractivity (Wildman–Crippen MR) is 86.6 cm³/mol. The lowest BCUT2D eigenvalue weighted by atomic mass is 9.73. The molecule has 5 rings (SSSR count). The van der Waals surface area contributed by atoms with Gasteiger partial charge in [0.1, 0.15) is 12.7 Å². The molecule has 0 unspecified atom stereocenters. The molecule has 0 radical (unpaired) electrons. The van der Waals surface area contributed by atoms with E-state index in [0.717, 1.165) is 42.7 Å². The zero-order valence-electron chi connectivity index (χ0n) is 13.9. The number of amides is 1. The highest BCUT2D eigenvalue weighted by molar-refractivity contribution is 5.77. The molecule has 136 valence electrons. The van der Waals surface area contributed by atoms with Crippen molar-refractivity contribution in [3.8, 4) is 0 Å². The van der Waals surface area contributed by atoms with Crippen molar-refractivity contribution in [3.63, 3.8) is 0 Å². The number of H-pyrrole nitrogens is 1. The van der Waals surface area contributed by atoms with E-state index in [9.17, 15) is 14.4 Å². The minimum atomic E-state index is -0.682. The van der Waals surface area contributed by atoms with Gasteiger partial charge in [0, 0.05) is 37.5 Å². The topological polar surface area (TPSA) is 130 Å². The maximum atomic E-state index is 12.3. The van der Waals surface area contributed by atoms with Crippen LogP contribution >= 0.6 is 0 Å². The van der Waals surface area contributed by atoms with Gasteiger partial charge in [0.05, 0.1) is 0 Å². The highest BCUT2D eigenvalue weighted by Crippen LogP contribution is 2.44. The number of aromatic nitrogens is 5. The van der Waals surface area contributed by atoms with Crippen LogP contribution < -0.4 is 16.1 Å². The van der Waals surface area contributed by atoms with Gasteiger partial charge in [-0.3, -0.25) is 14.6 Å². The molecule has 11 heteroatoms. The maximum absolute atomic E-state index is 12.3. The minimum Gasteiger partial charge on any atom is -0.408 e. The first-order valence-electron chi connectivity index (χ1n) is 8.54. The van der Waals surface area contributed by atoms with Gasteiger partial charge in [-0.25, -0.2) is 9.48 Å². The Balaban J connectivity index is 1.15. The van der Waals surface area contributed by atoms with E-state index in [0.29, 0.717) is 25.0 Å². The minimum absolute atomic E-state index is 0.0628. The van der Waals surface area contributed by atoms with Gasteiger partial charge in [-0.1, -0.05) is 5.10 Å². The fourth-order valence-electron chi connectivity index (χ4n) is 3.61. The Hall–Kier alpha value is -2.98. The molecule has 3 aliphatic rings. The van der Waals surface area contributed by atoms with Crippen molar-refractivity contribution >= 4 is 11.9 Å². The quantitative estimate of drug-likeness (QED) is 0.701. The molecular weight excluding hydrogens is 342 g/mol. The van der Waals surface area contributed by atoms with Crippen LogP contribution in [0, 0.1) is 5.41 Å². The molecule has 3 fully saturated rings. The second-order valence-corrected chi connectivity index (χ2v) is 7.40. The third-order valence-corrected chi connectivity index (χ3v) is 5.15.